The predicted molar refractivity (Wildman–Crippen MR) is 92.4 cm³/mol. The molecule has 0 bridgehead atoms. The second-order valence-corrected chi connectivity index (χ2v) is 6.01. The van der Waals surface area contributed by atoms with Gasteiger partial charge < -0.3 is 19.8 Å². The van der Waals surface area contributed by atoms with Crippen molar-refractivity contribution in [3.05, 3.63) is 69.5 Å². The normalized spacial score (nSPS) is 12.7. The van der Waals surface area contributed by atoms with Gasteiger partial charge in [-0.25, -0.2) is 0 Å². The Morgan fingerprint density at radius 3 is 2.83 bits per heavy atom. The maximum Gasteiger partial charge on any atom is 0.252 e. The Bertz CT molecular complexity index is 962. The molecule has 0 radical (unpaired) electrons. The number of rotatable bonds is 4. The second kappa shape index (κ2) is 6.02. The van der Waals surface area contributed by atoms with Crippen molar-refractivity contribution in [3.63, 3.8) is 0 Å². The van der Waals surface area contributed by atoms with Crippen molar-refractivity contribution in [2.24, 2.45) is 0 Å². The summed E-state index contributed by atoms with van der Waals surface area (Å²) < 4.78 is 10.7. The largest absolute Gasteiger partial charge is 0.454 e. The van der Waals surface area contributed by atoms with Crippen LogP contribution in [0.4, 0.5) is 0 Å². The fourth-order valence-electron chi connectivity index (χ4n) is 2.88. The first-order valence-electron chi connectivity index (χ1n) is 7.91. The first-order valence-corrected chi connectivity index (χ1v) is 7.91. The Morgan fingerprint density at radius 2 is 1.92 bits per heavy atom. The summed E-state index contributed by atoms with van der Waals surface area (Å²) in [6, 6.07) is 13.9. The third kappa shape index (κ3) is 2.86. The molecule has 5 nitrogen and oxygen atoms in total. The van der Waals surface area contributed by atoms with Crippen molar-refractivity contribution in [1.29, 1.82) is 0 Å². The summed E-state index contributed by atoms with van der Waals surface area (Å²) in [6.45, 7) is 3.45. The third-order valence-electron chi connectivity index (χ3n) is 4.16. The van der Waals surface area contributed by atoms with Crippen LogP contribution in [0, 0.1) is 6.92 Å². The molecule has 0 atom stereocenters. The van der Waals surface area contributed by atoms with Crippen LogP contribution in [0.15, 0.2) is 47.3 Å². The topological polar surface area (TPSA) is 63.4 Å². The van der Waals surface area contributed by atoms with E-state index in [9.17, 15) is 4.79 Å². The first kappa shape index (κ1) is 14.8. The van der Waals surface area contributed by atoms with E-state index < -0.39 is 0 Å². The predicted octanol–water partition coefficient (Wildman–Crippen LogP) is 2.86. The van der Waals surface area contributed by atoms with Gasteiger partial charge in [-0.1, -0.05) is 18.2 Å². The fourth-order valence-corrected chi connectivity index (χ4v) is 2.88. The van der Waals surface area contributed by atoms with Gasteiger partial charge in [-0.05, 0) is 47.7 Å². The zero-order valence-electron chi connectivity index (χ0n) is 13.4. The number of H-pyrrole nitrogens is 1. The molecule has 0 amide bonds. The highest BCUT2D eigenvalue weighted by Crippen LogP contribution is 2.32. The number of fused-ring (bicyclic) bond motifs is 2. The standard InChI is InChI=1S/C19H18N2O3/c1-12-2-4-14-8-15(19(22)21-16(14)6-12)10-20-9-13-3-5-17-18(7-13)24-11-23-17/h2-8,20H,9-11H2,1H3,(H,21,22). The summed E-state index contributed by atoms with van der Waals surface area (Å²) >= 11 is 0. The van der Waals surface area contributed by atoms with Gasteiger partial charge in [0.25, 0.3) is 5.56 Å². The molecule has 0 unspecified atom stereocenters. The zero-order valence-corrected chi connectivity index (χ0v) is 13.4. The van der Waals surface area contributed by atoms with Crippen LogP contribution in [0.3, 0.4) is 0 Å². The number of aryl methyl sites for hydroxylation is 1. The van der Waals surface area contributed by atoms with Crippen molar-refractivity contribution in [1.82, 2.24) is 10.3 Å². The van der Waals surface area contributed by atoms with Gasteiger partial charge in [0, 0.05) is 24.2 Å². The minimum atomic E-state index is -0.0497. The molecule has 0 saturated carbocycles. The Morgan fingerprint density at radius 1 is 1.04 bits per heavy atom. The molecule has 0 saturated heterocycles. The minimum Gasteiger partial charge on any atom is -0.454 e. The van der Waals surface area contributed by atoms with Crippen LogP contribution in [0.5, 0.6) is 11.5 Å². The zero-order chi connectivity index (χ0) is 16.5. The number of pyridine rings is 1. The number of hydrogen-bond acceptors (Lipinski definition) is 4. The van der Waals surface area contributed by atoms with E-state index in [0.29, 0.717) is 13.1 Å². The second-order valence-electron chi connectivity index (χ2n) is 6.01. The van der Waals surface area contributed by atoms with Gasteiger partial charge in [0.05, 0.1) is 0 Å². The summed E-state index contributed by atoms with van der Waals surface area (Å²) in [7, 11) is 0. The van der Waals surface area contributed by atoms with Crippen molar-refractivity contribution in [2.75, 3.05) is 6.79 Å². The highest BCUT2D eigenvalue weighted by Gasteiger charge is 2.13. The average molecular weight is 322 g/mol. The van der Waals surface area contributed by atoms with E-state index in [1.54, 1.807) is 0 Å². The monoisotopic (exact) mass is 322 g/mol. The van der Waals surface area contributed by atoms with E-state index in [2.05, 4.69) is 10.3 Å². The molecule has 0 spiro atoms. The smallest absolute Gasteiger partial charge is 0.252 e. The van der Waals surface area contributed by atoms with E-state index in [-0.39, 0.29) is 12.4 Å². The van der Waals surface area contributed by atoms with E-state index in [4.69, 9.17) is 9.47 Å². The van der Waals surface area contributed by atoms with Gasteiger partial charge in [-0.15, -0.1) is 0 Å². The highest BCUT2D eigenvalue weighted by atomic mass is 16.7. The molecular weight excluding hydrogens is 304 g/mol. The molecule has 4 rings (SSSR count). The first-order chi connectivity index (χ1) is 11.7. The van der Waals surface area contributed by atoms with Crippen molar-refractivity contribution < 1.29 is 9.47 Å². The van der Waals surface area contributed by atoms with Crippen LogP contribution in [0.25, 0.3) is 10.9 Å². The summed E-state index contributed by atoms with van der Waals surface area (Å²) in [5.74, 6) is 1.55. The van der Waals surface area contributed by atoms with Crippen LogP contribution in [-0.4, -0.2) is 11.8 Å². The van der Waals surface area contributed by atoms with E-state index in [1.807, 2.05) is 49.4 Å². The van der Waals surface area contributed by atoms with Gasteiger partial charge in [-0.3, -0.25) is 4.79 Å². The fraction of sp³-hybridized carbons (Fsp3) is 0.211. The Hall–Kier alpha value is -2.79. The number of aromatic nitrogens is 1. The number of ether oxygens (including phenoxy) is 2. The van der Waals surface area contributed by atoms with Crippen LogP contribution >= 0.6 is 0 Å². The van der Waals surface area contributed by atoms with Crippen LogP contribution in [0.1, 0.15) is 16.7 Å². The summed E-state index contributed by atoms with van der Waals surface area (Å²) in [6.07, 6.45) is 0. The molecule has 24 heavy (non-hydrogen) atoms. The molecule has 0 aliphatic carbocycles. The molecule has 2 heterocycles. The number of benzene rings is 2. The lowest BCUT2D eigenvalue weighted by atomic mass is 10.1. The molecule has 1 aromatic heterocycles. The van der Waals surface area contributed by atoms with E-state index in [1.165, 1.54) is 0 Å². The number of nitrogens with one attached hydrogen (secondary N) is 2. The third-order valence-corrected chi connectivity index (χ3v) is 4.16. The van der Waals surface area contributed by atoms with Crippen molar-refractivity contribution in [3.8, 4) is 11.5 Å². The maximum atomic E-state index is 12.2. The molecule has 5 heteroatoms. The number of aromatic amines is 1. The van der Waals surface area contributed by atoms with Crippen LogP contribution in [-0.2, 0) is 13.1 Å². The van der Waals surface area contributed by atoms with Gasteiger partial charge in [0.2, 0.25) is 6.79 Å². The molecule has 0 fully saturated rings. The van der Waals surface area contributed by atoms with Crippen LogP contribution in [0.2, 0.25) is 0 Å². The lowest BCUT2D eigenvalue weighted by Gasteiger charge is -2.07. The molecule has 3 aromatic rings. The molecule has 2 N–H and O–H groups in total. The highest BCUT2D eigenvalue weighted by molar-refractivity contribution is 5.79. The minimum absolute atomic E-state index is 0.0497. The molecule has 122 valence electrons. The van der Waals surface area contributed by atoms with Gasteiger partial charge in [0.15, 0.2) is 11.5 Å². The SMILES string of the molecule is Cc1ccc2cc(CNCc3ccc4c(c3)OCO4)c(=O)[nH]c2c1. The Balaban J connectivity index is 1.47. The Labute approximate surface area is 139 Å². The molecule has 1 aliphatic heterocycles. The van der Waals surface area contributed by atoms with Crippen molar-refractivity contribution in [2.45, 2.75) is 20.0 Å². The van der Waals surface area contributed by atoms with Crippen molar-refractivity contribution >= 4 is 10.9 Å². The number of hydrogen-bond donors (Lipinski definition) is 2. The van der Waals surface area contributed by atoms with Crippen LogP contribution < -0.4 is 20.3 Å². The van der Waals surface area contributed by atoms with E-state index in [0.717, 1.165) is 39.1 Å². The van der Waals surface area contributed by atoms with Gasteiger partial charge >= 0.3 is 0 Å². The molecular formula is C19H18N2O3. The summed E-state index contributed by atoms with van der Waals surface area (Å²) in [4.78, 5) is 15.2. The average Bonchev–Trinajstić information content (AvgIpc) is 3.03. The molecule has 2 aromatic carbocycles. The quantitative estimate of drug-likeness (QED) is 0.775. The Kier molecular flexibility index (Phi) is 3.70. The van der Waals surface area contributed by atoms with E-state index >= 15 is 0 Å². The molecule has 1 aliphatic rings. The van der Waals surface area contributed by atoms with Gasteiger partial charge in [-0.2, -0.15) is 0 Å². The maximum absolute atomic E-state index is 12.2. The lowest BCUT2D eigenvalue weighted by Crippen LogP contribution is -2.20. The van der Waals surface area contributed by atoms with Gasteiger partial charge in [0.1, 0.15) is 0 Å². The summed E-state index contributed by atoms with van der Waals surface area (Å²) in [5, 5.41) is 4.35. The summed E-state index contributed by atoms with van der Waals surface area (Å²) in [5.41, 5.74) is 3.77. The lowest BCUT2D eigenvalue weighted by molar-refractivity contribution is 0.174.